The summed E-state index contributed by atoms with van der Waals surface area (Å²) in [6.45, 7) is 8.85. The highest BCUT2D eigenvalue weighted by Gasteiger charge is 2.24. The molecule has 0 bridgehead atoms. The van der Waals surface area contributed by atoms with Crippen molar-refractivity contribution in [2.75, 3.05) is 13.2 Å². The van der Waals surface area contributed by atoms with E-state index < -0.39 is 36.3 Å². The van der Waals surface area contributed by atoms with Gasteiger partial charge in [-0.05, 0) is 26.3 Å². The summed E-state index contributed by atoms with van der Waals surface area (Å²) in [5.74, 6) is -0.549. The van der Waals surface area contributed by atoms with Gasteiger partial charge in [-0.2, -0.15) is 0 Å². The summed E-state index contributed by atoms with van der Waals surface area (Å²) in [5, 5.41) is 14.4. The lowest BCUT2D eigenvalue weighted by atomic mass is 10.2. The number of hydrogen-bond donors (Lipinski definition) is 3. The average Bonchev–Trinajstić information content (AvgIpc) is 2.58. The van der Waals surface area contributed by atoms with E-state index >= 15 is 0 Å². The van der Waals surface area contributed by atoms with E-state index in [1.807, 2.05) is 30.3 Å². The monoisotopic (exact) mass is 364 g/mol. The van der Waals surface area contributed by atoms with Gasteiger partial charge in [0.05, 0.1) is 25.9 Å². The molecular weight excluding hydrogens is 336 g/mol. The van der Waals surface area contributed by atoms with Crippen LogP contribution in [0.25, 0.3) is 0 Å². The fourth-order valence-electron chi connectivity index (χ4n) is 1.97. The summed E-state index contributed by atoms with van der Waals surface area (Å²) in [6.07, 6.45) is 0.757. The first-order valence-corrected chi connectivity index (χ1v) is 8.40. The minimum atomic E-state index is -1.12. The molecule has 144 valence electrons. The van der Waals surface area contributed by atoms with Crippen LogP contribution < -0.4 is 10.6 Å². The third-order valence-corrected chi connectivity index (χ3v) is 3.21. The number of ether oxygens (including phenoxy) is 2. The van der Waals surface area contributed by atoms with Gasteiger partial charge in [0, 0.05) is 0 Å². The molecule has 2 atom stereocenters. The van der Waals surface area contributed by atoms with Gasteiger partial charge >= 0.3 is 6.09 Å². The number of aliphatic hydroxyl groups excluding tert-OH is 1. The quantitative estimate of drug-likeness (QED) is 0.580. The van der Waals surface area contributed by atoms with Gasteiger partial charge in [-0.15, -0.1) is 6.58 Å². The standard InChI is InChI=1S/C19H28N2O5/c1-5-15(13-25-12-14-9-7-6-8-10-14)20-17(23)16(11-22)21-18(24)26-19(2,3)4/h5-10,15-16,22H,1,11-13H2,2-4H3,(H,20,23)(H,21,24)/t15-,16-/m1/s1. The summed E-state index contributed by atoms with van der Waals surface area (Å²) in [5.41, 5.74) is 0.316. The van der Waals surface area contributed by atoms with Gasteiger partial charge in [0.2, 0.25) is 5.91 Å². The van der Waals surface area contributed by atoms with E-state index in [2.05, 4.69) is 17.2 Å². The summed E-state index contributed by atoms with van der Waals surface area (Å²) < 4.78 is 10.7. The number of carbonyl (C=O) groups excluding carboxylic acids is 2. The van der Waals surface area contributed by atoms with Crippen molar-refractivity contribution in [3.05, 3.63) is 48.6 Å². The van der Waals surface area contributed by atoms with Crippen LogP contribution in [0.1, 0.15) is 26.3 Å². The van der Waals surface area contributed by atoms with E-state index in [1.54, 1.807) is 20.8 Å². The van der Waals surface area contributed by atoms with Gasteiger partial charge in [-0.3, -0.25) is 4.79 Å². The highest BCUT2D eigenvalue weighted by molar-refractivity contribution is 5.86. The maximum atomic E-state index is 12.2. The Hall–Kier alpha value is -2.38. The predicted octanol–water partition coefficient (Wildman–Crippen LogP) is 1.76. The van der Waals surface area contributed by atoms with Crippen LogP contribution in [0.4, 0.5) is 4.79 Å². The Morgan fingerprint density at radius 2 is 1.88 bits per heavy atom. The van der Waals surface area contributed by atoms with Crippen LogP contribution in [0, 0.1) is 0 Å². The maximum Gasteiger partial charge on any atom is 0.408 e. The normalized spacial score (nSPS) is 13.4. The number of amides is 2. The number of aliphatic hydroxyl groups is 1. The lowest BCUT2D eigenvalue weighted by Crippen LogP contribution is -2.52. The Morgan fingerprint density at radius 1 is 1.23 bits per heavy atom. The Kier molecular flexibility index (Phi) is 8.81. The lowest BCUT2D eigenvalue weighted by Gasteiger charge is -2.23. The zero-order valence-electron chi connectivity index (χ0n) is 15.5. The molecular formula is C19H28N2O5. The molecule has 7 nitrogen and oxygen atoms in total. The Bertz CT molecular complexity index is 583. The van der Waals surface area contributed by atoms with Gasteiger partial charge in [-0.25, -0.2) is 4.79 Å². The van der Waals surface area contributed by atoms with Crippen LogP contribution in [0.3, 0.4) is 0 Å². The molecule has 0 radical (unpaired) electrons. The molecule has 0 aliphatic heterocycles. The van der Waals surface area contributed by atoms with Crippen LogP contribution in [-0.4, -0.2) is 48.0 Å². The second-order valence-electron chi connectivity index (χ2n) is 6.73. The molecule has 0 fully saturated rings. The number of benzene rings is 1. The molecule has 0 heterocycles. The van der Waals surface area contributed by atoms with Crippen molar-refractivity contribution < 1.29 is 24.2 Å². The molecule has 0 spiro atoms. The SMILES string of the molecule is C=C[C@H](COCc1ccccc1)NC(=O)[C@@H](CO)NC(=O)OC(C)(C)C. The van der Waals surface area contributed by atoms with E-state index in [0.717, 1.165) is 5.56 Å². The molecule has 0 aliphatic rings. The van der Waals surface area contributed by atoms with Crippen molar-refractivity contribution in [2.45, 2.75) is 45.1 Å². The molecule has 3 N–H and O–H groups in total. The Labute approximate surface area is 154 Å². The summed E-state index contributed by atoms with van der Waals surface area (Å²) >= 11 is 0. The fourth-order valence-corrected chi connectivity index (χ4v) is 1.97. The summed E-state index contributed by atoms with van der Waals surface area (Å²) in [7, 11) is 0. The lowest BCUT2D eigenvalue weighted by molar-refractivity contribution is -0.125. The number of hydrogen-bond acceptors (Lipinski definition) is 5. The van der Waals surface area contributed by atoms with Crippen molar-refractivity contribution in [1.82, 2.24) is 10.6 Å². The molecule has 0 aromatic heterocycles. The van der Waals surface area contributed by atoms with Crippen LogP contribution >= 0.6 is 0 Å². The van der Waals surface area contributed by atoms with Crippen molar-refractivity contribution in [3.63, 3.8) is 0 Å². The number of alkyl carbamates (subject to hydrolysis) is 1. The van der Waals surface area contributed by atoms with Crippen molar-refractivity contribution >= 4 is 12.0 Å². The van der Waals surface area contributed by atoms with Crippen molar-refractivity contribution in [2.24, 2.45) is 0 Å². The first-order valence-electron chi connectivity index (χ1n) is 8.40. The molecule has 26 heavy (non-hydrogen) atoms. The van der Waals surface area contributed by atoms with Gasteiger partial charge in [0.1, 0.15) is 11.6 Å². The highest BCUT2D eigenvalue weighted by atomic mass is 16.6. The van der Waals surface area contributed by atoms with E-state index in [-0.39, 0.29) is 6.61 Å². The molecule has 2 amide bonds. The average molecular weight is 364 g/mol. The smallest absolute Gasteiger partial charge is 0.408 e. The molecule has 1 rings (SSSR count). The van der Waals surface area contributed by atoms with Gasteiger partial charge in [-0.1, -0.05) is 36.4 Å². The van der Waals surface area contributed by atoms with Crippen molar-refractivity contribution in [3.8, 4) is 0 Å². The zero-order chi connectivity index (χ0) is 19.6. The van der Waals surface area contributed by atoms with Crippen LogP contribution in [0.2, 0.25) is 0 Å². The van der Waals surface area contributed by atoms with E-state index in [9.17, 15) is 14.7 Å². The maximum absolute atomic E-state index is 12.2. The first-order chi connectivity index (χ1) is 12.2. The molecule has 0 saturated heterocycles. The molecule has 0 aliphatic carbocycles. The number of rotatable bonds is 9. The molecule has 0 saturated carbocycles. The zero-order valence-corrected chi connectivity index (χ0v) is 15.5. The summed E-state index contributed by atoms with van der Waals surface area (Å²) in [6, 6.07) is 8.05. The number of nitrogens with one attached hydrogen (secondary N) is 2. The van der Waals surface area contributed by atoms with E-state index in [1.165, 1.54) is 6.08 Å². The van der Waals surface area contributed by atoms with Gasteiger partial charge in [0.15, 0.2) is 0 Å². The molecule has 0 unspecified atom stereocenters. The largest absolute Gasteiger partial charge is 0.444 e. The second-order valence-corrected chi connectivity index (χ2v) is 6.73. The van der Waals surface area contributed by atoms with Gasteiger partial charge in [0.25, 0.3) is 0 Å². The summed E-state index contributed by atoms with van der Waals surface area (Å²) in [4.78, 5) is 24.0. The third kappa shape index (κ3) is 8.64. The van der Waals surface area contributed by atoms with Crippen molar-refractivity contribution in [1.29, 1.82) is 0 Å². The minimum Gasteiger partial charge on any atom is -0.444 e. The molecule has 7 heteroatoms. The minimum absolute atomic E-state index is 0.217. The topological polar surface area (TPSA) is 96.9 Å². The van der Waals surface area contributed by atoms with Crippen LogP contribution in [0.15, 0.2) is 43.0 Å². The van der Waals surface area contributed by atoms with E-state index in [0.29, 0.717) is 6.61 Å². The Morgan fingerprint density at radius 3 is 2.42 bits per heavy atom. The predicted molar refractivity (Wildman–Crippen MR) is 98.5 cm³/mol. The highest BCUT2D eigenvalue weighted by Crippen LogP contribution is 2.07. The van der Waals surface area contributed by atoms with Crippen LogP contribution in [-0.2, 0) is 20.9 Å². The third-order valence-electron chi connectivity index (χ3n) is 3.21. The molecule has 1 aromatic carbocycles. The van der Waals surface area contributed by atoms with Gasteiger partial charge < -0.3 is 25.2 Å². The van der Waals surface area contributed by atoms with Crippen LogP contribution in [0.5, 0.6) is 0 Å². The second kappa shape index (κ2) is 10.6. The first kappa shape index (κ1) is 21.7. The number of carbonyl (C=O) groups is 2. The molecule has 1 aromatic rings. The fraction of sp³-hybridized carbons (Fsp3) is 0.474. The van der Waals surface area contributed by atoms with E-state index in [4.69, 9.17) is 9.47 Å². The Balaban J connectivity index is 2.47.